The molecule has 0 atom stereocenters. The van der Waals surface area contributed by atoms with E-state index in [0.29, 0.717) is 0 Å². The van der Waals surface area contributed by atoms with Crippen LogP contribution in [0.4, 0.5) is 0 Å². The molecule has 0 aliphatic rings. The van der Waals surface area contributed by atoms with Crippen LogP contribution in [0, 0.1) is 0 Å². The highest BCUT2D eigenvalue weighted by molar-refractivity contribution is 7.59. The maximum Gasteiger partial charge on any atom is 0.0443 e. The zero-order valence-electron chi connectivity index (χ0n) is 10.4. The van der Waals surface area contributed by atoms with Crippen LogP contribution in [-0.2, 0) is 25.3 Å². The first-order valence-electron chi connectivity index (χ1n) is 6.31. The fourth-order valence-corrected chi connectivity index (χ4v) is 3.25. The molecule has 0 amide bonds. The number of fused-ring (bicyclic) bond motifs is 2. The van der Waals surface area contributed by atoms with Crippen molar-refractivity contribution in [2.45, 2.75) is 9.79 Å². The van der Waals surface area contributed by atoms with E-state index in [0.717, 1.165) is 43.0 Å². The van der Waals surface area contributed by atoms with Gasteiger partial charge in [0.2, 0.25) is 0 Å². The van der Waals surface area contributed by atoms with Crippen LogP contribution in [0.1, 0.15) is 0 Å². The number of H-pyrrole nitrogens is 2. The molecule has 0 fully saturated rings. The predicted octanol–water partition coefficient (Wildman–Crippen LogP) is 4.13. The summed E-state index contributed by atoms with van der Waals surface area (Å²) in [4.78, 5) is 8.40. The summed E-state index contributed by atoms with van der Waals surface area (Å²) in [6.45, 7) is 0. The van der Waals surface area contributed by atoms with Crippen molar-refractivity contribution in [1.29, 1.82) is 0 Å². The van der Waals surface area contributed by atoms with Crippen molar-refractivity contribution in [2.24, 2.45) is 0 Å². The summed E-state index contributed by atoms with van der Waals surface area (Å²) in [5.41, 5.74) is 3.89. The van der Waals surface area contributed by atoms with E-state index in [1.807, 2.05) is 48.5 Å². The Balaban J connectivity index is 2.06. The molecule has 2 heterocycles. The van der Waals surface area contributed by atoms with Gasteiger partial charge in [-0.15, -0.1) is 9.79 Å². The van der Waals surface area contributed by atoms with Crippen molar-refractivity contribution in [3.63, 3.8) is 0 Å². The standard InChI is InChI=1S/C16H12N2S2/c19-15-9-5-1-3-7-11(9)17-13(15)14-16(20)10-6-2-4-8-12(10)18-14/h1-8,17-20H/p-2. The Morgan fingerprint density at radius 1 is 0.600 bits per heavy atom. The topological polar surface area (TPSA) is 31.6 Å². The molecule has 20 heavy (non-hydrogen) atoms. The molecular formula is C16H10N2S2-2. The minimum Gasteiger partial charge on any atom is -0.777 e. The Morgan fingerprint density at radius 3 is 1.40 bits per heavy atom. The Labute approximate surface area is 127 Å². The van der Waals surface area contributed by atoms with Crippen molar-refractivity contribution < 1.29 is 0 Å². The van der Waals surface area contributed by atoms with E-state index >= 15 is 0 Å². The van der Waals surface area contributed by atoms with Crippen molar-refractivity contribution in [1.82, 2.24) is 9.97 Å². The van der Waals surface area contributed by atoms with Crippen LogP contribution in [0.15, 0.2) is 58.3 Å². The second-order valence-corrected chi connectivity index (χ2v) is 5.57. The van der Waals surface area contributed by atoms with Crippen molar-refractivity contribution in [3.05, 3.63) is 48.5 Å². The lowest BCUT2D eigenvalue weighted by molar-refractivity contribution is 1.30. The molecule has 2 nitrogen and oxygen atoms in total. The second kappa shape index (κ2) is 4.23. The lowest BCUT2D eigenvalue weighted by Gasteiger charge is -2.12. The maximum absolute atomic E-state index is 5.58. The summed E-state index contributed by atoms with van der Waals surface area (Å²) in [7, 11) is 0. The number of para-hydroxylation sites is 2. The van der Waals surface area contributed by atoms with Crippen LogP contribution < -0.4 is 0 Å². The van der Waals surface area contributed by atoms with Crippen LogP contribution in [0.5, 0.6) is 0 Å². The number of aromatic amines is 2. The minimum atomic E-state index is 0.818. The van der Waals surface area contributed by atoms with Gasteiger partial charge in [-0.3, -0.25) is 0 Å². The largest absolute Gasteiger partial charge is 0.777 e. The van der Waals surface area contributed by atoms with E-state index in [9.17, 15) is 0 Å². The smallest absolute Gasteiger partial charge is 0.0443 e. The molecule has 2 aromatic carbocycles. The first kappa shape index (κ1) is 11.8. The molecule has 0 unspecified atom stereocenters. The number of benzene rings is 2. The van der Waals surface area contributed by atoms with Crippen LogP contribution in [0.25, 0.3) is 33.2 Å². The Morgan fingerprint density at radius 2 is 1.00 bits per heavy atom. The zero-order chi connectivity index (χ0) is 13.7. The van der Waals surface area contributed by atoms with E-state index in [-0.39, 0.29) is 0 Å². The molecule has 98 valence electrons. The Hall–Kier alpha value is -2.04. The van der Waals surface area contributed by atoms with Crippen LogP contribution in [0.3, 0.4) is 0 Å². The van der Waals surface area contributed by atoms with Gasteiger partial charge in [0, 0.05) is 22.4 Å². The summed E-state index contributed by atoms with van der Waals surface area (Å²) in [6, 6.07) is 16.1. The quantitative estimate of drug-likeness (QED) is 0.517. The van der Waals surface area contributed by atoms with Crippen molar-refractivity contribution in [3.8, 4) is 11.4 Å². The molecule has 2 aromatic heterocycles. The molecule has 0 saturated heterocycles. The third-order valence-electron chi connectivity index (χ3n) is 3.57. The molecule has 2 N–H and O–H groups in total. The summed E-state index contributed by atoms with van der Waals surface area (Å²) in [5.74, 6) is 0. The molecule has 0 saturated carbocycles. The molecule has 0 radical (unpaired) electrons. The number of hydrogen-bond donors (Lipinski definition) is 2. The summed E-state index contributed by atoms with van der Waals surface area (Å²) < 4.78 is 0. The average Bonchev–Trinajstić information content (AvgIpc) is 2.98. The van der Waals surface area contributed by atoms with E-state index in [1.165, 1.54) is 0 Å². The van der Waals surface area contributed by atoms with Gasteiger partial charge in [-0.1, -0.05) is 36.4 Å². The highest BCUT2D eigenvalue weighted by atomic mass is 32.1. The normalized spacial score (nSPS) is 11.4. The van der Waals surface area contributed by atoms with Gasteiger partial charge in [0.1, 0.15) is 0 Å². The van der Waals surface area contributed by atoms with Crippen LogP contribution in [-0.4, -0.2) is 9.97 Å². The van der Waals surface area contributed by atoms with Gasteiger partial charge in [-0.05, 0) is 22.9 Å². The third-order valence-corrected chi connectivity index (χ3v) is 4.41. The molecular weight excluding hydrogens is 284 g/mol. The van der Waals surface area contributed by atoms with Crippen molar-refractivity contribution >= 4 is 47.1 Å². The number of hydrogen-bond acceptors (Lipinski definition) is 2. The SMILES string of the molecule is [S-]c1c(-c2[nH]c3ccccc3c2[S-])[nH]c2ccccc12. The first-order valence-corrected chi connectivity index (χ1v) is 7.13. The summed E-state index contributed by atoms with van der Waals surface area (Å²) in [5, 5.41) is 2.12. The number of aromatic nitrogens is 2. The Kier molecular flexibility index (Phi) is 2.49. The monoisotopic (exact) mass is 294 g/mol. The Bertz CT molecular complexity index is 856. The van der Waals surface area contributed by atoms with E-state index in [1.54, 1.807) is 0 Å². The molecule has 4 aromatic rings. The summed E-state index contributed by atoms with van der Waals surface area (Å²) in [6.07, 6.45) is 0. The van der Waals surface area contributed by atoms with Gasteiger partial charge in [0.05, 0.1) is 0 Å². The van der Waals surface area contributed by atoms with Crippen LogP contribution in [0.2, 0.25) is 0 Å². The molecule has 4 heteroatoms. The highest BCUT2D eigenvalue weighted by Crippen LogP contribution is 2.34. The highest BCUT2D eigenvalue weighted by Gasteiger charge is 2.08. The fraction of sp³-hybridized carbons (Fsp3) is 0. The third kappa shape index (κ3) is 1.55. The minimum absolute atomic E-state index is 0.818. The lowest BCUT2D eigenvalue weighted by atomic mass is 10.2. The fourth-order valence-electron chi connectivity index (χ4n) is 2.58. The van der Waals surface area contributed by atoms with Gasteiger partial charge >= 0.3 is 0 Å². The van der Waals surface area contributed by atoms with E-state index < -0.39 is 0 Å². The molecule has 0 aliphatic heterocycles. The molecule has 0 spiro atoms. The van der Waals surface area contributed by atoms with Crippen molar-refractivity contribution in [2.75, 3.05) is 0 Å². The lowest BCUT2D eigenvalue weighted by Crippen LogP contribution is -1.82. The molecule has 0 aliphatic carbocycles. The van der Waals surface area contributed by atoms with Gasteiger partial charge < -0.3 is 35.2 Å². The van der Waals surface area contributed by atoms with Gasteiger partial charge in [0.25, 0.3) is 0 Å². The van der Waals surface area contributed by atoms with Gasteiger partial charge in [-0.2, -0.15) is 0 Å². The average molecular weight is 294 g/mol. The van der Waals surface area contributed by atoms with E-state index in [2.05, 4.69) is 9.97 Å². The van der Waals surface area contributed by atoms with Gasteiger partial charge in [-0.25, -0.2) is 0 Å². The molecule has 0 bridgehead atoms. The molecule has 4 rings (SSSR count). The zero-order valence-corrected chi connectivity index (χ0v) is 12.1. The van der Waals surface area contributed by atoms with Crippen LogP contribution >= 0.6 is 0 Å². The predicted molar refractivity (Wildman–Crippen MR) is 86.9 cm³/mol. The van der Waals surface area contributed by atoms with Gasteiger partial charge in [0.15, 0.2) is 0 Å². The maximum atomic E-state index is 5.58. The van der Waals surface area contributed by atoms with E-state index in [4.69, 9.17) is 25.3 Å². The second-order valence-electron chi connectivity index (χ2n) is 4.75. The summed E-state index contributed by atoms with van der Waals surface area (Å²) >= 11 is 11.2. The number of nitrogens with one attached hydrogen (secondary N) is 2. The first-order chi connectivity index (χ1) is 9.75. The number of rotatable bonds is 1.